The van der Waals surface area contributed by atoms with E-state index < -0.39 is 0 Å². The summed E-state index contributed by atoms with van der Waals surface area (Å²) < 4.78 is 0. The van der Waals surface area contributed by atoms with Crippen LogP contribution in [0, 0.1) is 6.92 Å². The molecule has 1 heterocycles. The highest BCUT2D eigenvalue weighted by Crippen LogP contribution is 1.96. The third kappa shape index (κ3) is 3.80. The fraction of sp³-hybridized carbons (Fsp3) is 0.300. The maximum atomic E-state index is 10.5. The highest BCUT2D eigenvalue weighted by Gasteiger charge is 1.89. The minimum atomic E-state index is -0.0371. The molecule has 1 aromatic heterocycles. The quantitative estimate of drug-likeness (QED) is 0.773. The summed E-state index contributed by atoms with van der Waals surface area (Å²) in [6.07, 6.45) is 7.04. The lowest BCUT2D eigenvalue weighted by Gasteiger charge is -1.95. The van der Waals surface area contributed by atoms with Gasteiger partial charge in [-0.1, -0.05) is 6.08 Å². The highest BCUT2D eigenvalue weighted by molar-refractivity contribution is 5.73. The molecular formula is C10H13N3O. The molecule has 0 aliphatic rings. The number of nitrogens with one attached hydrogen (secondary N) is 1. The molecule has 0 saturated carbocycles. The molecule has 0 unspecified atom stereocenters. The lowest BCUT2D eigenvalue weighted by molar-refractivity contribution is -0.118. The Morgan fingerprint density at radius 1 is 1.57 bits per heavy atom. The predicted molar refractivity (Wildman–Crippen MR) is 54.5 cm³/mol. The van der Waals surface area contributed by atoms with Crippen LogP contribution >= 0.6 is 0 Å². The largest absolute Gasteiger partial charge is 0.353 e. The number of amides is 1. The van der Waals surface area contributed by atoms with Crippen molar-refractivity contribution >= 4 is 12.0 Å². The molecule has 4 heteroatoms. The first-order valence-corrected chi connectivity index (χ1v) is 4.38. The minimum absolute atomic E-state index is 0.0371. The highest BCUT2D eigenvalue weighted by atomic mass is 16.1. The number of aromatic nitrogens is 2. The molecule has 1 N–H and O–H groups in total. The van der Waals surface area contributed by atoms with Crippen LogP contribution in [0.25, 0.3) is 6.08 Å². The van der Waals surface area contributed by atoms with Crippen LogP contribution in [-0.2, 0) is 4.79 Å². The summed E-state index contributed by atoms with van der Waals surface area (Å²) in [7, 11) is 0. The van der Waals surface area contributed by atoms with Crippen LogP contribution in [0.3, 0.4) is 0 Å². The maximum Gasteiger partial charge on any atom is 0.217 e. The Hall–Kier alpha value is -1.71. The Kier molecular flexibility index (Phi) is 3.79. The third-order valence-electron chi connectivity index (χ3n) is 1.53. The van der Waals surface area contributed by atoms with Crippen molar-refractivity contribution in [2.45, 2.75) is 13.8 Å². The average molecular weight is 191 g/mol. The lowest BCUT2D eigenvalue weighted by atomic mass is 10.3. The summed E-state index contributed by atoms with van der Waals surface area (Å²) in [5, 5.41) is 2.66. The molecule has 0 bridgehead atoms. The summed E-state index contributed by atoms with van der Waals surface area (Å²) in [6.45, 7) is 3.89. The van der Waals surface area contributed by atoms with Crippen LogP contribution < -0.4 is 5.32 Å². The van der Waals surface area contributed by atoms with E-state index in [9.17, 15) is 4.79 Å². The van der Waals surface area contributed by atoms with Gasteiger partial charge in [-0.15, -0.1) is 0 Å². The first-order chi connectivity index (χ1) is 6.68. The van der Waals surface area contributed by atoms with Gasteiger partial charge in [0.15, 0.2) is 0 Å². The zero-order chi connectivity index (χ0) is 10.4. The van der Waals surface area contributed by atoms with Crippen molar-refractivity contribution in [3.63, 3.8) is 0 Å². The molecule has 1 aromatic rings. The van der Waals surface area contributed by atoms with Gasteiger partial charge >= 0.3 is 0 Å². The van der Waals surface area contributed by atoms with Crippen molar-refractivity contribution in [1.29, 1.82) is 0 Å². The van der Waals surface area contributed by atoms with Gasteiger partial charge in [-0.2, -0.15) is 0 Å². The zero-order valence-electron chi connectivity index (χ0n) is 8.32. The van der Waals surface area contributed by atoms with Crippen LogP contribution in [0.4, 0.5) is 0 Å². The van der Waals surface area contributed by atoms with Crippen LogP contribution in [0.2, 0.25) is 0 Å². The molecule has 1 rings (SSSR count). The molecule has 0 atom stereocenters. The van der Waals surface area contributed by atoms with E-state index in [0.29, 0.717) is 6.54 Å². The fourth-order valence-corrected chi connectivity index (χ4v) is 0.946. The van der Waals surface area contributed by atoms with E-state index in [1.807, 2.05) is 19.1 Å². The fourth-order valence-electron chi connectivity index (χ4n) is 0.946. The second-order valence-electron chi connectivity index (χ2n) is 2.92. The Bertz CT molecular complexity index is 347. The van der Waals surface area contributed by atoms with E-state index in [1.165, 1.54) is 6.92 Å². The average Bonchev–Trinajstić information content (AvgIpc) is 2.12. The first kappa shape index (κ1) is 10.4. The van der Waals surface area contributed by atoms with Crippen molar-refractivity contribution < 1.29 is 4.79 Å². The van der Waals surface area contributed by atoms with Crippen molar-refractivity contribution in [3.8, 4) is 0 Å². The number of hydrogen-bond acceptors (Lipinski definition) is 3. The molecule has 0 aliphatic carbocycles. The topological polar surface area (TPSA) is 54.9 Å². The van der Waals surface area contributed by atoms with Crippen LogP contribution in [0.1, 0.15) is 18.3 Å². The summed E-state index contributed by atoms with van der Waals surface area (Å²) in [5.74, 6) is -0.0371. The van der Waals surface area contributed by atoms with Crippen LogP contribution in [0.15, 0.2) is 18.5 Å². The van der Waals surface area contributed by atoms with Crippen molar-refractivity contribution in [3.05, 3.63) is 29.9 Å². The Balaban J connectivity index is 2.47. The van der Waals surface area contributed by atoms with Gasteiger partial charge < -0.3 is 5.32 Å². The summed E-state index contributed by atoms with van der Waals surface area (Å²) in [4.78, 5) is 18.8. The first-order valence-electron chi connectivity index (χ1n) is 4.38. The zero-order valence-corrected chi connectivity index (χ0v) is 8.32. The van der Waals surface area contributed by atoms with E-state index in [2.05, 4.69) is 15.3 Å². The standard InChI is InChI=1S/C10H13N3O/c1-8-6-11-7-10(13-8)4-3-5-12-9(2)14/h3-4,6-7H,5H2,1-2H3,(H,12,14). The van der Waals surface area contributed by atoms with E-state index >= 15 is 0 Å². The maximum absolute atomic E-state index is 10.5. The molecule has 0 radical (unpaired) electrons. The van der Waals surface area contributed by atoms with Gasteiger partial charge in [0.05, 0.1) is 17.6 Å². The van der Waals surface area contributed by atoms with E-state index in [-0.39, 0.29) is 5.91 Å². The van der Waals surface area contributed by atoms with Crippen molar-refractivity contribution in [2.75, 3.05) is 6.54 Å². The Morgan fingerprint density at radius 3 is 3.00 bits per heavy atom. The van der Waals surface area contributed by atoms with Gasteiger partial charge in [-0.3, -0.25) is 14.8 Å². The number of nitrogens with zero attached hydrogens (tertiary/aromatic N) is 2. The number of hydrogen-bond donors (Lipinski definition) is 1. The molecule has 0 saturated heterocycles. The predicted octanol–water partition coefficient (Wildman–Crippen LogP) is 0.934. The van der Waals surface area contributed by atoms with Crippen LogP contribution in [0.5, 0.6) is 0 Å². The molecule has 0 fully saturated rings. The molecular weight excluding hydrogens is 178 g/mol. The van der Waals surface area contributed by atoms with Gasteiger partial charge in [0.1, 0.15) is 0 Å². The van der Waals surface area contributed by atoms with Crippen molar-refractivity contribution in [1.82, 2.24) is 15.3 Å². The summed E-state index contributed by atoms with van der Waals surface area (Å²) in [5.41, 5.74) is 1.68. The number of rotatable bonds is 3. The second kappa shape index (κ2) is 5.11. The normalized spacial score (nSPS) is 10.4. The Labute approximate surface area is 83.1 Å². The van der Waals surface area contributed by atoms with E-state index in [1.54, 1.807) is 12.4 Å². The SMILES string of the molecule is CC(=O)NCC=Cc1cncc(C)n1. The third-order valence-corrected chi connectivity index (χ3v) is 1.53. The van der Waals surface area contributed by atoms with Gasteiger partial charge in [-0.05, 0) is 13.0 Å². The molecule has 4 nitrogen and oxygen atoms in total. The Morgan fingerprint density at radius 2 is 2.36 bits per heavy atom. The smallest absolute Gasteiger partial charge is 0.217 e. The monoisotopic (exact) mass is 191 g/mol. The molecule has 74 valence electrons. The van der Waals surface area contributed by atoms with E-state index in [4.69, 9.17) is 0 Å². The van der Waals surface area contributed by atoms with Crippen LogP contribution in [-0.4, -0.2) is 22.4 Å². The summed E-state index contributed by atoms with van der Waals surface area (Å²) >= 11 is 0. The number of carbonyl (C=O) groups excluding carboxylic acids is 1. The second-order valence-corrected chi connectivity index (χ2v) is 2.92. The summed E-state index contributed by atoms with van der Waals surface area (Å²) in [6, 6.07) is 0. The minimum Gasteiger partial charge on any atom is -0.353 e. The van der Waals surface area contributed by atoms with E-state index in [0.717, 1.165) is 11.4 Å². The van der Waals surface area contributed by atoms with Crippen molar-refractivity contribution in [2.24, 2.45) is 0 Å². The molecule has 0 aromatic carbocycles. The van der Waals surface area contributed by atoms with Gasteiger partial charge in [0.25, 0.3) is 0 Å². The van der Waals surface area contributed by atoms with Gasteiger partial charge in [0, 0.05) is 19.7 Å². The lowest BCUT2D eigenvalue weighted by Crippen LogP contribution is -2.19. The molecule has 1 amide bonds. The molecule has 0 spiro atoms. The van der Waals surface area contributed by atoms with Gasteiger partial charge in [-0.25, -0.2) is 0 Å². The van der Waals surface area contributed by atoms with Gasteiger partial charge in [0.2, 0.25) is 5.91 Å². The molecule has 14 heavy (non-hydrogen) atoms. The number of carbonyl (C=O) groups is 1. The molecule has 0 aliphatic heterocycles. The number of aryl methyl sites for hydroxylation is 1.